The first-order chi connectivity index (χ1) is 14.4. The quantitative estimate of drug-likeness (QED) is 0.578. The average Bonchev–Trinajstić information content (AvgIpc) is 3.04. The molecule has 1 atom stereocenters. The van der Waals surface area contributed by atoms with Gasteiger partial charge in [-0.25, -0.2) is 0 Å². The first-order valence-electron chi connectivity index (χ1n) is 10.1. The number of nitrogens with one attached hydrogen (secondary N) is 2. The van der Waals surface area contributed by atoms with E-state index in [1.807, 2.05) is 6.92 Å². The molecule has 0 radical (unpaired) electrons. The Labute approximate surface area is 179 Å². The highest BCUT2D eigenvalue weighted by molar-refractivity contribution is 7.17. The zero-order chi connectivity index (χ0) is 21.7. The third-order valence-electron chi connectivity index (χ3n) is 4.98. The van der Waals surface area contributed by atoms with Gasteiger partial charge < -0.3 is 20.5 Å². The number of rotatable bonds is 8. The first-order valence-corrected chi connectivity index (χ1v) is 10.9. The van der Waals surface area contributed by atoms with Crippen LogP contribution in [-0.4, -0.2) is 29.5 Å². The lowest BCUT2D eigenvalue weighted by molar-refractivity contribution is -0.138. The molecule has 0 bridgehead atoms. The average molecular weight is 431 g/mol. The third-order valence-corrected chi connectivity index (χ3v) is 6.15. The van der Waals surface area contributed by atoms with Gasteiger partial charge in [-0.2, -0.15) is 0 Å². The van der Waals surface area contributed by atoms with E-state index >= 15 is 0 Å². The van der Waals surface area contributed by atoms with Crippen molar-refractivity contribution >= 4 is 39.8 Å². The normalized spacial score (nSPS) is 15.2. The van der Waals surface area contributed by atoms with Crippen LogP contribution in [0.15, 0.2) is 24.3 Å². The topological polar surface area (TPSA) is 105 Å². The van der Waals surface area contributed by atoms with Crippen LogP contribution in [0.3, 0.4) is 0 Å². The second-order valence-electron chi connectivity index (χ2n) is 7.41. The van der Waals surface area contributed by atoms with Gasteiger partial charge >= 0.3 is 5.97 Å². The SMILES string of the molecule is CCOc1ccc(NC(=O)c2c(NC(=O)CCC(=O)O)sc3c2CCC(C)C3)cc1. The molecule has 1 aliphatic rings. The Kier molecular flexibility index (Phi) is 7.10. The van der Waals surface area contributed by atoms with Crippen molar-refractivity contribution < 1.29 is 24.2 Å². The van der Waals surface area contributed by atoms with Crippen LogP contribution in [0, 0.1) is 5.92 Å². The molecule has 3 N–H and O–H groups in total. The van der Waals surface area contributed by atoms with E-state index in [4.69, 9.17) is 9.84 Å². The number of carboxylic acid groups (broad SMARTS) is 1. The lowest BCUT2D eigenvalue weighted by atomic mass is 9.88. The number of carbonyl (C=O) groups excluding carboxylic acids is 2. The van der Waals surface area contributed by atoms with Crippen LogP contribution in [-0.2, 0) is 22.4 Å². The van der Waals surface area contributed by atoms with Crippen LogP contribution >= 0.6 is 11.3 Å². The molecular weight excluding hydrogens is 404 g/mol. The molecule has 30 heavy (non-hydrogen) atoms. The van der Waals surface area contributed by atoms with Crippen molar-refractivity contribution in [1.82, 2.24) is 0 Å². The molecule has 1 aromatic carbocycles. The number of thiophene rings is 1. The summed E-state index contributed by atoms with van der Waals surface area (Å²) < 4.78 is 5.42. The Morgan fingerprint density at radius 2 is 1.90 bits per heavy atom. The summed E-state index contributed by atoms with van der Waals surface area (Å²) in [5, 5.41) is 15.0. The van der Waals surface area contributed by atoms with E-state index in [0.29, 0.717) is 28.8 Å². The van der Waals surface area contributed by atoms with E-state index in [1.165, 1.54) is 11.3 Å². The van der Waals surface area contributed by atoms with Gasteiger partial charge in [0.05, 0.1) is 18.6 Å². The van der Waals surface area contributed by atoms with Gasteiger partial charge in [0.25, 0.3) is 5.91 Å². The zero-order valence-corrected chi connectivity index (χ0v) is 17.9. The van der Waals surface area contributed by atoms with Crippen LogP contribution in [0.2, 0.25) is 0 Å². The molecule has 8 heteroatoms. The number of benzene rings is 1. The maximum absolute atomic E-state index is 13.1. The summed E-state index contributed by atoms with van der Waals surface area (Å²) in [6.45, 7) is 4.64. The Morgan fingerprint density at radius 1 is 1.17 bits per heavy atom. The summed E-state index contributed by atoms with van der Waals surface area (Å²) >= 11 is 1.42. The van der Waals surface area contributed by atoms with E-state index in [2.05, 4.69) is 17.6 Å². The summed E-state index contributed by atoms with van der Waals surface area (Å²) in [6.07, 6.45) is 2.26. The Bertz CT molecular complexity index is 936. The highest BCUT2D eigenvalue weighted by Crippen LogP contribution is 2.40. The number of anilines is 2. The largest absolute Gasteiger partial charge is 0.494 e. The number of carbonyl (C=O) groups is 3. The maximum Gasteiger partial charge on any atom is 0.303 e. The highest BCUT2D eigenvalue weighted by atomic mass is 32.1. The molecule has 2 amide bonds. The van der Waals surface area contributed by atoms with Crippen molar-refractivity contribution in [3.63, 3.8) is 0 Å². The number of aliphatic carboxylic acids is 1. The first kappa shape index (κ1) is 21.8. The van der Waals surface area contributed by atoms with E-state index in [9.17, 15) is 14.4 Å². The summed E-state index contributed by atoms with van der Waals surface area (Å²) in [4.78, 5) is 37.2. The van der Waals surface area contributed by atoms with Crippen LogP contribution < -0.4 is 15.4 Å². The molecule has 1 heterocycles. The van der Waals surface area contributed by atoms with E-state index in [0.717, 1.165) is 35.5 Å². The minimum Gasteiger partial charge on any atom is -0.494 e. The van der Waals surface area contributed by atoms with Crippen molar-refractivity contribution in [3.05, 3.63) is 40.3 Å². The third kappa shape index (κ3) is 5.38. The molecule has 1 unspecified atom stereocenters. The van der Waals surface area contributed by atoms with Gasteiger partial charge in [-0.05, 0) is 61.9 Å². The van der Waals surface area contributed by atoms with Crippen LogP contribution in [0.5, 0.6) is 5.75 Å². The number of carboxylic acids is 1. The Balaban J connectivity index is 1.82. The molecule has 7 nitrogen and oxygen atoms in total. The molecule has 1 aliphatic carbocycles. The van der Waals surface area contributed by atoms with E-state index in [-0.39, 0.29) is 18.7 Å². The molecule has 2 aromatic rings. The van der Waals surface area contributed by atoms with Crippen molar-refractivity contribution in [2.75, 3.05) is 17.2 Å². The van der Waals surface area contributed by atoms with Gasteiger partial charge in [-0.3, -0.25) is 14.4 Å². The predicted molar refractivity (Wildman–Crippen MR) is 117 cm³/mol. The van der Waals surface area contributed by atoms with E-state index in [1.54, 1.807) is 24.3 Å². The molecule has 3 rings (SSSR count). The van der Waals surface area contributed by atoms with Crippen molar-refractivity contribution in [2.45, 2.75) is 46.0 Å². The summed E-state index contributed by atoms with van der Waals surface area (Å²) in [5.74, 6) is -0.464. The number of hydrogen-bond donors (Lipinski definition) is 3. The predicted octanol–water partition coefficient (Wildman–Crippen LogP) is 4.33. The van der Waals surface area contributed by atoms with E-state index < -0.39 is 11.9 Å². The summed E-state index contributed by atoms with van der Waals surface area (Å²) in [6, 6.07) is 7.13. The van der Waals surface area contributed by atoms with Crippen molar-refractivity contribution in [2.24, 2.45) is 5.92 Å². The smallest absolute Gasteiger partial charge is 0.303 e. The number of ether oxygens (including phenoxy) is 1. The lowest BCUT2D eigenvalue weighted by Gasteiger charge is -2.18. The standard InChI is InChI=1S/C22H26N2O5S/c1-3-29-15-7-5-14(6-8-15)23-21(28)20-16-9-4-13(2)12-17(16)30-22(20)24-18(25)10-11-19(26)27/h5-8,13H,3-4,9-12H2,1-2H3,(H,23,28)(H,24,25)(H,26,27). The lowest BCUT2D eigenvalue weighted by Crippen LogP contribution is -2.19. The Morgan fingerprint density at radius 3 is 2.57 bits per heavy atom. The zero-order valence-electron chi connectivity index (χ0n) is 17.1. The van der Waals surface area contributed by atoms with Crippen molar-refractivity contribution in [3.8, 4) is 5.75 Å². The molecule has 0 saturated carbocycles. The summed E-state index contributed by atoms with van der Waals surface area (Å²) in [7, 11) is 0. The van der Waals surface area contributed by atoms with Crippen molar-refractivity contribution in [1.29, 1.82) is 0 Å². The minimum absolute atomic E-state index is 0.131. The van der Waals surface area contributed by atoms with Gasteiger partial charge in [-0.1, -0.05) is 6.92 Å². The molecule has 0 aliphatic heterocycles. The summed E-state index contributed by atoms with van der Waals surface area (Å²) in [5.41, 5.74) is 2.10. The number of amides is 2. The molecule has 1 aromatic heterocycles. The number of hydrogen-bond acceptors (Lipinski definition) is 5. The second-order valence-corrected chi connectivity index (χ2v) is 8.51. The van der Waals surface area contributed by atoms with Crippen LogP contribution in [0.1, 0.15) is 53.9 Å². The van der Waals surface area contributed by atoms with Crippen LogP contribution in [0.25, 0.3) is 0 Å². The monoisotopic (exact) mass is 430 g/mol. The minimum atomic E-state index is -1.03. The number of fused-ring (bicyclic) bond motifs is 1. The van der Waals surface area contributed by atoms with Gasteiger partial charge in [-0.15, -0.1) is 11.3 Å². The molecule has 0 saturated heterocycles. The fourth-order valence-corrected chi connectivity index (χ4v) is 4.91. The second kappa shape index (κ2) is 9.75. The fourth-order valence-electron chi connectivity index (χ4n) is 3.48. The van der Waals surface area contributed by atoms with Gasteiger partial charge in [0.2, 0.25) is 5.91 Å². The van der Waals surface area contributed by atoms with Gasteiger partial charge in [0, 0.05) is 17.0 Å². The molecule has 160 valence electrons. The Hall–Kier alpha value is -2.87. The molecule has 0 fully saturated rings. The highest BCUT2D eigenvalue weighted by Gasteiger charge is 2.28. The fraction of sp³-hybridized carbons (Fsp3) is 0.409. The van der Waals surface area contributed by atoms with Gasteiger partial charge in [0.1, 0.15) is 10.8 Å². The van der Waals surface area contributed by atoms with Crippen LogP contribution in [0.4, 0.5) is 10.7 Å². The maximum atomic E-state index is 13.1. The molecular formula is C22H26N2O5S. The van der Waals surface area contributed by atoms with Gasteiger partial charge in [0.15, 0.2) is 0 Å². The molecule has 0 spiro atoms.